The standard InChI is InChI=1S/C14H24N4O3/c1-9(11(15)19)18-8-16-7-10(18)14(5,6)17-12(20)21-13(2,3)4/h7-9H,1-6H3,(H2,15,19)(H,17,20). The van der Waals surface area contributed by atoms with Crippen LogP contribution in [0, 0.1) is 0 Å². The minimum Gasteiger partial charge on any atom is -0.444 e. The first kappa shape index (κ1) is 17.0. The quantitative estimate of drug-likeness (QED) is 0.883. The zero-order chi connectivity index (χ0) is 16.4. The summed E-state index contributed by atoms with van der Waals surface area (Å²) in [4.78, 5) is 27.3. The van der Waals surface area contributed by atoms with E-state index in [1.165, 1.54) is 6.33 Å². The number of imidazole rings is 1. The molecule has 0 radical (unpaired) electrons. The lowest BCUT2D eigenvalue weighted by Gasteiger charge is -2.30. The van der Waals surface area contributed by atoms with Crippen LogP contribution in [0.2, 0.25) is 0 Å². The van der Waals surface area contributed by atoms with Crippen LogP contribution in [0.25, 0.3) is 0 Å². The van der Waals surface area contributed by atoms with Gasteiger partial charge in [-0.05, 0) is 41.5 Å². The van der Waals surface area contributed by atoms with Gasteiger partial charge in [0.15, 0.2) is 0 Å². The van der Waals surface area contributed by atoms with Crippen molar-refractivity contribution in [2.45, 2.75) is 58.7 Å². The third-order valence-corrected chi connectivity index (χ3v) is 2.95. The van der Waals surface area contributed by atoms with Gasteiger partial charge >= 0.3 is 6.09 Å². The number of carbonyl (C=O) groups is 2. The molecule has 1 heterocycles. The first-order valence-electron chi connectivity index (χ1n) is 6.77. The maximum atomic E-state index is 11.9. The molecule has 0 aliphatic carbocycles. The second kappa shape index (κ2) is 5.75. The summed E-state index contributed by atoms with van der Waals surface area (Å²) in [6, 6.07) is -0.554. The Labute approximate surface area is 124 Å². The van der Waals surface area contributed by atoms with Crippen LogP contribution in [0.1, 0.15) is 53.3 Å². The van der Waals surface area contributed by atoms with Gasteiger partial charge in [-0.25, -0.2) is 9.78 Å². The van der Waals surface area contributed by atoms with Gasteiger partial charge in [0.25, 0.3) is 0 Å². The Morgan fingerprint density at radius 3 is 2.38 bits per heavy atom. The molecular formula is C14H24N4O3. The molecule has 118 valence electrons. The highest BCUT2D eigenvalue weighted by Gasteiger charge is 2.30. The maximum Gasteiger partial charge on any atom is 0.408 e. The normalized spacial score (nSPS) is 13.6. The zero-order valence-electron chi connectivity index (χ0n) is 13.4. The molecule has 1 aromatic heterocycles. The smallest absolute Gasteiger partial charge is 0.408 e. The topological polar surface area (TPSA) is 99.2 Å². The lowest BCUT2D eigenvalue weighted by Crippen LogP contribution is -2.45. The van der Waals surface area contributed by atoms with Gasteiger partial charge in [-0.2, -0.15) is 0 Å². The highest BCUT2D eigenvalue weighted by molar-refractivity contribution is 5.78. The Hall–Kier alpha value is -2.05. The number of hydrogen-bond acceptors (Lipinski definition) is 4. The Morgan fingerprint density at radius 1 is 1.33 bits per heavy atom. The van der Waals surface area contributed by atoms with E-state index in [0.29, 0.717) is 5.69 Å². The van der Waals surface area contributed by atoms with Crippen LogP contribution in [-0.4, -0.2) is 27.2 Å². The lowest BCUT2D eigenvalue weighted by atomic mass is 10.0. The number of nitrogens with two attached hydrogens (primary N) is 1. The number of aromatic nitrogens is 2. The number of hydrogen-bond donors (Lipinski definition) is 2. The summed E-state index contributed by atoms with van der Waals surface area (Å²) in [6.07, 6.45) is 2.58. The molecule has 0 aliphatic heterocycles. The molecule has 1 atom stereocenters. The molecule has 1 aromatic rings. The predicted molar refractivity (Wildman–Crippen MR) is 78.5 cm³/mol. The summed E-state index contributed by atoms with van der Waals surface area (Å²) in [5.41, 5.74) is 4.65. The van der Waals surface area contributed by atoms with E-state index in [1.54, 1.807) is 52.3 Å². The molecule has 0 saturated carbocycles. The van der Waals surface area contributed by atoms with Crippen LogP contribution in [0.4, 0.5) is 4.79 Å². The van der Waals surface area contributed by atoms with E-state index in [2.05, 4.69) is 10.3 Å². The molecule has 21 heavy (non-hydrogen) atoms. The Kier molecular flexibility index (Phi) is 4.65. The van der Waals surface area contributed by atoms with Crippen molar-refractivity contribution in [3.8, 4) is 0 Å². The number of nitrogens with zero attached hydrogens (tertiary/aromatic N) is 2. The highest BCUT2D eigenvalue weighted by Crippen LogP contribution is 2.23. The molecule has 0 bridgehead atoms. The summed E-state index contributed by atoms with van der Waals surface area (Å²) in [6.45, 7) is 10.7. The highest BCUT2D eigenvalue weighted by atomic mass is 16.6. The fraction of sp³-hybridized carbons (Fsp3) is 0.643. The van der Waals surface area contributed by atoms with Gasteiger partial charge in [0.05, 0.1) is 23.8 Å². The molecule has 3 N–H and O–H groups in total. The molecule has 0 aliphatic rings. The molecular weight excluding hydrogens is 272 g/mol. The van der Waals surface area contributed by atoms with Crippen LogP contribution >= 0.6 is 0 Å². The van der Waals surface area contributed by atoms with Gasteiger partial charge in [0.2, 0.25) is 5.91 Å². The third kappa shape index (κ3) is 4.47. The van der Waals surface area contributed by atoms with E-state index in [9.17, 15) is 9.59 Å². The summed E-state index contributed by atoms with van der Waals surface area (Å²) in [5.74, 6) is -0.470. The second-order valence-corrected chi connectivity index (χ2v) is 6.52. The Bertz CT molecular complexity index is 529. The van der Waals surface area contributed by atoms with Gasteiger partial charge in [0, 0.05) is 0 Å². The minimum absolute atomic E-state index is 0.470. The van der Waals surface area contributed by atoms with E-state index in [0.717, 1.165) is 0 Å². The van der Waals surface area contributed by atoms with Crippen LogP contribution in [0.3, 0.4) is 0 Å². The van der Waals surface area contributed by atoms with Crippen molar-refractivity contribution in [1.29, 1.82) is 0 Å². The number of carbonyl (C=O) groups excluding carboxylic acids is 2. The number of alkyl carbamates (subject to hydrolysis) is 1. The SMILES string of the molecule is CC(C(N)=O)n1cncc1C(C)(C)NC(=O)OC(C)(C)C. The number of primary amides is 1. The van der Waals surface area contributed by atoms with Crippen molar-refractivity contribution in [3.05, 3.63) is 18.2 Å². The summed E-state index contributed by atoms with van der Waals surface area (Å²) in [5, 5.41) is 2.78. The first-order chi connectivity index (χ1) is 9.44. The maximum absolute atomic E-state index is 11.9. The number of nitrogens with one attached hydrogen (secondary N) is 1. The van der Waals surface area contributed by atoms with Crippen LogP contribution in [0.5, 0.6) is 0 Å². The van der Waals surface area contributed by atoms with Crippen LogP contribution in [0.15, 0.2) is 12.5 Å². The second-order valence-electron chi connectivity index (χ2n) is 6.52. The van der Waals surface area contributed by atoms with E-state index in [-0.39, 0.29) is 0 Å². The molecule has 7 nitrogen and oxygen atoms in total. The van der Waals surface area contributed by atoms with Crippen molar-refractivity contribution in [2.24, 2.45) is 5.73 Å². The van der Waals surface area contributed by atoms with E-state index < -0.39 is 29.2 Å². The van der Waals surface area contributed by atoms with Crippen molar-refractivity contribution in [1.82, 2.24) is 14.9 Å². The molecule has 0 aromatic carbocycles. The molecule has 0 spiro atoms. The number of ether oxygens (including phenoxy) is 1. The average Bonchev–Trinajstić information content (AvgIpc) is 2.73. The van der Waals surface area contributed by atoms with Gasteiger partial charge in [0.1, 0.15) is 11.6 Å². The first-order valence-corrected chi connectivity index (χ1v) is 6.77. The molecule has 1 rings (SSSR count). The molecule has 2 amide bonds. The summed E-state index contributed by atoms with van der Waals surface area (Å²) in [7, 11) is 0. The lowest BCUT2D eigenvalue weighted by molar-refractivity contribution is -0.120. The van der Waals surface area contributed by atoms with E-state index >= 15 is 0 Å². The largest absolute Gasteiger partial charge is 0.444 e. The minimum atomic E-state index is -0.761. The Morgan fingerprint density at radius 2 is 1.90 bits per heavy atom. The number of rotatable bonds is 4. The third-order valence-electron chi connectivity index (χ3n) is 2.95. The van der Waals surface area contributed by atoms with Crippen LogP contribution in [-0.2, 0) is 15.1 Å². The van der Waals surface area contributed by atoms with Crippen molar-refractivity contribution >= 4 is 12.0 Å². The van der Waals surface area contributed by atoms with Crippen molar-refractivity contribution in [3.63, 3.8) is 0 Å². The molecule has 0 fully saturated rings. The van der Waals surface area contributed by atoms with E-state index in [1.807, 2.05) is 0 Å². The molecule has 0 saturated heterocycles. The average molecular weight is 296 g/mol. The van der Waals surface area contributed by atoms with Gasteiger partial charge in [-0.15, -0.1) is 0 Å². The Balaban J connectivity index is 2.96. The van der Waals surface area contributed by atoms with Crippen molar-refractivity contribution in [2.75, 3.05) is 0 Å². The van der Waals surface area contributed by atoms with E-state index in [4.69, 9.17) is 10.5 Å². The van der Waals surface area contributed by atoms with Gasteiger partial charge in [-0.1, -0.05) is 0 Å². The fourth-order valence-corrected chi connectivity index (χ4v) is 1.86. The fourth-order valence-electron chi connectivity index (χ4n) is 1.86. The summed E-state index contributed by atoms with van der Waals surface area (Å²) < 4.78 is 6.89. The van der Waals surface area contributed by atoms with Gasteiger partial charge in [-0.3, -0.25) is 4.79 Å². The predicted octanol–water partition coefficient (Wildman–Crippen LogP) is 1.69. The van der Waals surface area contributed by atoms with Crippen molar-refractivity contribution < 1.29 is 14.3 Å². The molecule has 1 unspecified atom stereocenters. The molecule has 7 heteroatoms. The number of amides is 2. The van der Waals surface area contributed by atoms with Crippen LogP contribution < -0.4 is 11.1 Å². The summed E-state index contributed by atoms with van der Waals surface area (Å²) >= 11 is 0. The van der Waals surface area contributed by atoms with Gasteiger partial charge < -0.3 is 20.4 Å². The monoisotopic (exact) mass is 296 g/mol. The zero-order valence-corrected chi connectivity index (χ0v) is 13.4.